The van der Waals surface area contributed by atoms with E-state index in [2.05, 4.69) is 15.9 Å². The number of carbonyl (C=O) groups is 1. The standard InChI is InChI=1S/C16H10BrClN2O5S4/c17-8-1-2-10-9(3-8)20(7-29(23,24)25)14(26-10)5-13-19(6-15(21)22)16-11(27-13)4-12(18)28-16/h1-5H,6-7H2,(H-,21,22,23,24,25)/p+1. The van der Waals surface area contributed by atoms with E-state index in [9.17, 15) is 22.9 Å². The smallest absolute Gasteiger partial charge is 0.370 e. The van der Waals surface area contributed by atoms with Gasteiger partial charge in [-0.25, -0.2) is 4.79 Å². The maximum atomic E-state index is 11.6. The van der Waals surface area contributed by atoms with Crippen LogP contribution in [0.2, 0.25) is 4.34 Å². The van der Waals surface area contributed by atoms with Crippen LogP contribution in [0.1, 0.15) is 5.01 Å². The number of carboxylic acid groups (broad SMARTS) is 1. The minimum absolute atomic E-state index is 0.253. The SMILES string of the molecule is O=C(O)C[n+]1c(/C=C2\Sc3ccc(Br)cc3N2CS(=O)(=O)O)sc2cc(Cl)sc21. The van der Waals surface area contributed by atoms with Crippen molar-refractivity contribution in [2.45, 2.75) is 11.4 Å². The summed E-state index contributed by atoms with van der Waals surface area (Å²) in [5.41, 5.74) is 0.638. The molecule has 4 rings (SSSR count). The molecule has 0 spiro atoms. The highest BCUT2D eigenvalue weighted by Crippen LogP contribution is 2.48. The van der Waals surface area contributed by atoms with E-state index in [0.717, 1.165) is 18.9 Å². The minimum Gasteiger partial charge on any atom is -0.477 e. The van der Waals surface area contributed by atoms with E-state index in [1.165, 1.54) is 39.3 Å². The summed E-state index contributed by atoms with van der Waals surface area (Å²) in [4.78, 5) is 14.4. The third kappa shape index (κ3) is 4.48. The molecule has 0 radical (unpaired) electrons. The molecule has 0 aliphatic carbocycles. The lowest BCUT2D eigenvalue weighted by atomic mass is 10.3. The average Bonchev–Trinajstić information content (AvgIpc) is 3.20. The number of halogens is 2. The first-order chi connectivity index (χ1) is 13.6. The van der Waals surface area contributed by atoms with Gasteiger partial charge in [-0.05, 0) is 24.3 Å². The normalized spacial score (nSPS) is 15.4. The Labute approximate surface area is 191 Å². The topological polar surface area (TPSA) is 98.8 Å². The molecule has 2 N–H and O–H groups in total. The van der Waals surface area contributed by atoms with Gasteiger partial charge in [-0.3, -0.25) is 4.55 Å². The van der Waals surface area contributed by atoms with Gasteiger partial charge in [0.1, 0.15) is 9.04 Å². The monoisotopic (exact) mass is 553 g/mol. The summed E-state index contributed by atoms with van der Waals surface area (Å²) in [6.45, 7) is -0.253. The number of carboxylic acids is 1. The summed E-state index contributed by atoms with van der Waals surface area (Å²) in [6, 6.07) is 7.23. The van der Waals surface area contributed by atoms with Crippen molar-refractivity contribution in [3.05, 3.63) is 43.1 Å². The predicted octanol–water partition coefficient (Wildman–Crippen LogP) is 4.51. The first-order valence-corrected chi connectivity index (χ1v) is 13.1. The summed E-state index contributed by atoms with van der Waals surface area (Å²) in [5, 5.41) is 10.5. The second-order valence-corrected chi connectivity index (χ2v) is 12.1. The zero-order valence-electron chi connectivity index (χ0n) is 14.2. The maximum Gasteiger partial charge on any atom is 0.370 e. The summed E-state index contributed by atoms with van der Waals surface area (Å²) < 4.78 is 36.4. The molecule has 2 aromatic heterocycles. The Kier molecular flexibility index (Phi) is 5.70. The number of aromatic nitrogens is 1. The minimum atomic E-state index is -4.29. The Hall–Kier alpha value is -1.15. The lowest BCUT2D eigenvalue weighted by molar-refractivity contribution is -0.655. The highest BCUT2D eigenvalue weighted by molar-refractivity contribution is 9.10. The molecule has 1 aliphatic rings. The molecular weight excluding hydrogens is 544 g/mol. The lowest BCUT2D eigenvalue weighted by Crippen LogP contribution is -2.38. The molecule has 0 saturated heterocycles. The van der Waals surface area contributed by atoms with Gasteiger partial charge in [0.05, 0.1) is 16.8 Å². The summed E-state index contributed by atoms with van der Waals surface area (Å²) in [5.74, 6) is -1.61. The molecule has 0 fully saturated rings. The fourth-order valence-corrected chi connectivity index (χ4v) is 7.64. The third-order valence-corrected chi connectivity index (χ3v) is 8.59. The molecule has 29 heavy (non-hydrogen) atoms. The van der Waals surface area contributed by atoms with E-state index < -0.39 is 22.0 Å². The molecule has 0 amide bonds. The van der Waals surface area contributed by atoms with Gasteiger partial charge in [-0.15, -0.1) is 0 Å². The molecule has 3 heterocycles. The molecule has 3 aromatic rings. The zero-order valence-corrected chi connectivity index (χ0v) is 19.8. The molecule has 152 valence electrons. The number of benzene rings is 1. The maximum absolute atomic E-state index is 11.6. The Morgan fingerprint density at radius 2 is 2.07 bits per heavy atom. The van der Waals surface area contributed by atoms with Crippen LogP contribution < -0.4 is 9.47 Å². The number of thioether (sulfide) groups is 1. The van der Waals surface area contributed by atoms with Crippen molar-refractivity contribution in [1.29, 1.82) is 0 Å². The van der Waals surface area contributed by atoms with Crippen molar-refractivity contribution < 1.29 is 27.4 Å². The van der Waals surface area contributed by atoms with Gasteiger partial charge in [0.2, 0.25) is 6.54 Å². The number of nitrogens with zero attached hydrogens (tertiary/aromatic N) is 2. The fourth-order valence-electron chi connectivity index (χ4n) is 2.84. The average molecular weight is 555 g/mol. The Morgan fingerprint density at radius 3 is 2.76 bits per heavy atom. The van der Waals surface area contributed by atoms with Crippen LogP contribution in [0.3, 0.4) is 0 Å². The first-order valence-electron chi connectivity index (χ1n) is 7.86. The van der Waals surface area contributed by atoms with Crippen LogP contribution >= 0.6 is 62.0 Å². The van der Waals surface area contributed by atoms with Gasteiger partial charge in [-0.2, -0.15) is 13.0 Å². The van der Waals surface area contributed by atoms with E-state index in [4.69, 9.17) is 11.6 Å². The highest BCUT2D eigenvalue weighted by atomic mass is 79.9. The highest BCUT2D eigenvalue weighted by Gasteiger charge is 2.31. The number of aliphatic carboxylic acids is 1. The van der Waals surface area contributed by atoms with Crippen LogP contribution in [0.15, 0.2) is 38.7 Å². The Bertz CT molecular complexity index is 1280. The Balaban J connectivity index is 1.84. The summed E-state index contributed by atoms with van der Waals surface area (Å²) in [7, 11) is -4.29. The molecule has 0 saturated carbocycles. The van der Waals surface area contributed by atoms with E-state index in [-0.39, 0.29) is 6.54 Å². The van der Waals surface area contributed by atoms with Crippen LogP contribution in [-0.4, -0.2) is 29.9 Å². The second-order valence-electron chi connectivity index (χ2n) is 5.98. The number of fused-ring (bicyclic) bond motifs is 2. The van der Waals surface area contributed by atoms with E-state index in [1.807, 2.05) is 12.1 Å². The van der Waals surface area contributed by atoms with Crippen LogP contribution in [0.5, 0.6) is 0 Å². The largest absolute Gasteiger partial charge is 0.477 e. The van der Waals surface area contributed by atoms with Gasteiger partial charge < -0.3 is 10.0 Å². The number of rotatable bonds is 5. The first kappa shape index (κ1) is 21.1. The summed E-state index contributed by atoms with van der Waals surface area (Å²) >= 11 is 13.4. The fraction of sp³-hybridized carbons (Fsp3) is 0.125. The van der Waals surface area contributed by atoms with Crippen LogP contribution in [0, 0.1) is 0 Å². The lowest BCUT2D eigenvalue weighted by Gasteiger charge is -2.18. The predicted molar refractivity (Wildman–Crippen MR) is 119 cm³/mol. The molecule has 0 unspecified atom stereocenters. The van der Waals surface area contributed by atoms with Gasteiger partial charge in [0.15, 0.2) is 5.88 Å². The van der Waals surface area contributed by atoms with Crippen molar-refractivity contribution >= 4 is 99.3 Å². The molecule has 7 nitrogen and oxygen atoms in total. The Morgan fingerprint density at radius 1 is 1.31 bits per heavy atom. The molecular formula is C16H11BrClN2O5S4+. The van der Waals surface area contributed by atoms with Crippen LogP contribution in [0.4, 0.5) is 5.69 Å². The van der Waals surface area contributed by atoms with Gasteiger partial charge in [0.25, 0.3) is 20.0 Å². The molecule has 0 bridgehead atoms. The number of thiophene rings is 1. The van der Waals surface area contributed by atoms with Crippen LogP contribution in [-0.2, 0) is 21.5 Å². The summed E-state index contributed by atoms with van der Waals surface area (Å²) in [6.07, 6.45) is 1.73. The van der Waals surface area contributed by atoms with Crippen LogP contribution in [0.25, 0.3) is 15.6 Å². The van der Waals surface area contributed by atoms with E-state index >= 15 is 0 Å². The van der Waals surface area contributed by atoms with Crippen molar-refractivity contribution in [3.63, 3.8) is 0 Å². The van der Waals surface area contributed by atoms with Crippen molar-refractivity contribution in [3.8, 4) is 0 Å². The van der Waals surface area contributed by atoms with E-state index in [1.54, 1.807) is 22.8 Å². The number of anilines is 1. The molecule has 0 atom stereocenters. The second kappa shape index (κ2) is 7.84. The van der Waals surface area contributed by atoms with Gasteiger partial charge >= 0.3 is 5.97 Å². The van der Waals surface area contributed by atoms with Crippen molar-refractivity contribution in [2.24, 2.45) is 0 Å². The molecule has 13 heteroatoms. The number of hydrogen-bond donors (Lipinski definition) is 2. The third-order valence-electron chi connectivity index (χ3n) is 3.90. The zero-order chi connectivity index (χ0) is 20.9. The quantitative estimate of drug-likeness (QED) is 0.354. The number of hydrogen-bond acceptors (Lipinski definition) is 7. The van der Waals surface area contributed by atoms with Gasteiger partial charge in [-0.1, -0.05) is 62.0 Å². The van der Waals surface area contributed by atoms with Crippen molar-refractivity contribution in [2.75, 3.05) is 10.8 Å². The number of thiazole rings is 1. The van der Waals surface area contributed by atoms with E-state index in [0.29, 0.717) is 20.1 Å². The van der Waals surface area contributed by atoms with Crippen molar-refractivity contribution in [1.82, 2.24) is 0 Å². The van der Waals surface area contributed by atoms with Gasteiger partial charge in [0, 0.05) is 9.37 Å². The molecule has 1 aliphatic heterocycles. The molecule has 1 aromatic carbocycles.